The summed E-state index contributed by atoms with van der Waals surface area (Å²) in [5.74, 6) is 3.22. The highest BCUT2D eigenvalue weighted by Gasteiger charge is 2.46. The molecule has 3 atom stereocenters. The maximum absolute atomic E-state index is 12.5. The second-order valence-corrected chi connectivity index (χ2v) is 6.92. The Bertz CT molecular complexity index is 685. The fourth-order valence-electron chi connectivity index (χ4n) is 3.73. The highest BCUT2D eigenvalue weighted by atomic mass is 16.3. The molecule has 5 nitrogen and oxygen atoms in total. The largest absolute Gasteiger partial charge is 0.469 e. The fraction of sp³-hybridized carbons (Fsp3) is 0.526. The normalized spacial score (nSPS) is 24.9. The molecule has 0 bridgehead atoms. The number of nitrogens with zero attached hydrogens (tertiary/aromatic N) is 1. The number of furan rings is 2. The number of carbonyl (C=O) groups is 1. The number of amides is 1. The predicted octanol–water partition coefficient (Wildman–Crippen LogP) is 3.24. The van der Waals surface area contributed by atoms with E-state index in [1.807, 2.05) is 31.2 Å². The van der Waals surface area contributed by atoms with E-state index in [4.69, 9.17) is 8.83 Å². The summed E-state index contributed by atoms with van der Waals surface area (Å²) in [5.41, 5.74) is 0. The van der Waals surface area contributed by atoms with Crippen LogP contribution in [0.3, 0.4) is 0 Å². The third-order valence-electron chi connectivity index (χ3n) is 5.18. The highest BCUT2D eigenvalue weighted by molar-refractivity contribution is 5.82. The molecule has 0 spiro atoms. The zero-order valence-electron chi connectivity index (χ0n) is 14.0. The van der Waals surface area contributed by atoms with Crippen LogP contribution in [0.5, 0.6) is 0 Å². The summed E-state index contributed by atoms with van der Waals surface area (Å²) in [6.07, 6.45) is 4.99. The first-order valence-electron chi connectivity index (χ1n) is 8.84. The lowest BCUT2D eigenvalue weighted by Crippen LogP contribution is -2.37. The molecule has 1 saturated heterocycles. The number of likely N-dealkylation sites (tertiary alicyclic amines) is 1. The van der Waals surface area contributed by atoms with Crippen LogP contribution in [0.1, 0.15) is 48.5 Å². The molecule has 3 heterocycles. The molecule has 1 amide bonds. The molecule has 1 saturated carbocycles. The minimum Gasteiger partial charge on any atom is -0.469 e. The van der Waals surface area contributed by atoms with Crippen LogP contribution in [0.15, 0.2) is 39.4 Å². The van der Waals surface area contributed by atoms with Gasteiger partial charge in [0, 0.05) is 18.4 Å². The van der Waals surface area contributed by atoms with Gasteiger partial charge in [0.1, 0.15) is 17.3 Å². The summed E-state index contributed by atoms with van der Waals surface area (Å²) in [7, 11) is 0. The maximum atomic E-state index is 12.5. The second-order valence-electron chi connectivity index (χ2n) is 6.92. The zero-order valence-corrected chi connectivity index (χ0v) is 14.0. The molecule has 2 fully saturated rings. The van der Waals surface area contributed by atoms with Gasteiger partial charge in [-0.05, 0) is 63.5 Å². The van der Waals surface area contributed by atoms with E-state index in [1.165, 1.54) is 12.8 Å². The van der Waals surface area contributed by atoms with Gasteiger partial charge in [0.2, 0.25) is 5.91 Å². The van der Waals surface area contributed by atoms with Crippen molar-refractivity contribution in [1.29, 1.82) is 0 Å². The van der Waals surface area contributed by atoms with Crippen LogP contribution in [-0.4, -0.2) is 30.4 Å². The lowest BCUT2D eigenvalue weighted by atomic mass is 10.2. The van der Waals surface area contributed by atoms with E-state index in [0.29, 0.717) is 6.54 Å². The Hall–Kier alpha value is -2.01. The maximum Gasteiger partial charge on any atom is 0.223 e. The summed E-state index contributed by atoms with van der Waals surface area (Å²) in [4.78, 5) is 14.9. The summed E-state index contributed by atoms with van der Waals surface area (Å²) in [6, 6.07) is 7.99. The highest BCUT2D eigenvalue weighted by Crippen LogP contribution is 2.47. The molecule has 4 rings (SSSR count). The molecule has 0 unspecified atom stereocenters. The Balaban J connectivity index is 1.37. The van der Waals surface area contributed by atoms with Crippen molar-refractivity contribution in [2.24, 2.45) is 5.92 Å². The fourth-order valence-corrected chi connectivity index (χ4v) is 3.73. The van der Waals surface area contributed by atoms with Gasteiger partial charge >= 0.3 is 0 Å². The van der Waals surface area contributed by atoms with E-state index in [0.717, 1.165) is 36.8 Å². The zero-order chi connectivity index (χ0) is 16.5. The molecule has 2 aromatic heterocycles. The Kier molecular flexibility index (Phi) is 4.19. The number of carbonyl (C=O) groups excluding carboxylic acids is 1. The van der Waals surface area contributed by atoms with Crippen LogP contribution in [0, 0.1) is 12.8 Å². The minimum atomic E-state index is 0.0497. The van der Waals surface area contributed by atoms with Crippen molar-refractivity contribution >= 4 is 5.91 Å². The van der Waals surface area contributed by atoms with E-state index in [1.54, 1.807) is 6.26 Å². The SMILES string of the molecule is Cc1ccc([C@H](CNC(=O)[C@@H]2C[C@H]2c2ccco2)N2CCCC2)o1. The molecule has 128 valence electrons. The average molecular weight is 328 g/mol. The van der Waals surface area contributed by atoms with Crippen molar-refractivity contribution in [3.8, 4) is 0 Å². The number of rotatable bonds is 6. The van der Waals surface area contributed by atoms with E-state index in [9.17, 15) is 4.79 Å². The van der Waals surface area contributed by atoms with E-state index >= 15 is 0 Å². The topological polar surface area (TPSA) is 58.6 Å². The van der Waals surface area contributed by atoms with Crippen LogP contribution >= 0.6 is 0 Å². The number of hydrogen-bond acceptors (Lipinski definition) is 4. The first kappa shape index (κ1) is 15.5. The Morgan fingerprint density at radius 1 is 1.33 bits per heavy atom. The molecular formula is C19H24N2O3. The van der Waals surface area contributed by atoms with Gasteiger partial charge in [-0.15, -0.1) is 0 Å². The molecule has 0 aromatic carbocycles. The first-order chi connectivity index (χ1) is 11.7. The molecule has 0 radical (unpaired) electrons. The van der Waals surface area contributed by atoms with Gasteiger partial charge in [0.05, 0.1) is 12.3 Å². The van der Waals surface area contributed by atoms with Gasteiger partial charge in [0.25, 0.3) is 0 Å². The average Bonchev–Trinajstić information content (AvgIpc) is 3.03. The van der Waals surface area contributed by atoms with Crippen molar-refractivity contribution in [2.75, 3.05) is 19.6 Å². The Morgan fingerprint density at radius 3 is 2.83 bits per heavy atom. The van der Waals surface area contributed by atoms with Crippen LogP contribution in [0.4, 0.5) is 0 Å². The smallest absolute Gasteiger partial charge is 0.223 e. The quantitative estimate of drug-likeness (QED) is 0.884. The molecular weight excluding hydrogens is 304 g/mol. The molecule has 5 heteroatoms. The van der Waals surface area contributed by atoms with Crippen molar-refractivity contribution in [1.82, 2.24) is 10.2 Å². The Morgan fingerprint density at radius 2 is 2.17 bits per heavy atom. The van der Waals surface area contributed by atoms with Gasteiger partial charge in [-0.2, -0.15) is 0 Å². The minimum absolute atomic E-state index is 0.0497. The van der Waals surface area contributed by atoms with Crippen LogP contribution in [0.25, 0.3) is 0 Å². The number of aryl methyl sites for hydroxylation is 1. The molecule has 1 aliphatic carbocycles. The molecule has 1 aliphatic heterocycles. The van der Waals surface area contributed by atoms with E-state index < -0.39 is 0 Å². The van der Waals surface area contributed by atoms with Crippen molar-refractivity contribution < 1.29 is 13.6 Å². The monoisotopic (exact) mass is 328 g/mol. The summed E-state index contributed by atoms with van der Waals surface area (Å²) in [6.45, 7) is 4.70. The van der Waals surface area contributed by atoms with Crippen LogP contribution in [-0.2, 0) is 4.79 Å². The molecule has 2 aromatic rings. The number of hydrogen-bond donors (Lipinski definition) is 1. The molecule has 1 N–H and O–H groups in total. The third-order valence-corrected chi connectivity index (χ3v) is 5.18. The lowest BCUT2D eigenvalue weighted by Gasteiger charge is -2.26. The second kappa shape index (κ2) is 6.48. The van der Waals surface area contributed by atoms with Crippen LogP contribution < -0.4 is 5.32 Å². The standard InChI is InChI=1S/C19H24N2O3/c1-13-6-7-18(24-13)16(21-8-2-3-9-21)12-20-19(22)15-11-14(15)17-5-4-10-23-17/h4-7,10,14-16H,2-3,8-9,11-12H2,1H3,(H,20,22)/t14-,15-,16+/m1/s1. The summed E-state index contributed by atoms with van der Waals surface area (Å²) in [5, 5.41) is 3.14. The van der Waals surface area contributed by atoms with Crippen molar-refractivity contribution in [3.05, 3.63) is 47.8 Å². The predicted molar refractivity (Wildman–Crippen MR) is 89.6 cm³/mol. The van der Waals surface area contributed by atoms with Gasteiger partial charge in [-0.1, -0.05) is 0 Å². The van der Waals surface area contributed by atoms with E-state index in [-0.39, 0.29) is 23.8 Å². The number of nitrogens with one attached hydrogen (secondary N) is 1. The van der Waals surface area contributed by atoms with Gasteiger partial charge in [0.15, 0.2) is 0 Å². The Labute approximate surface area is 142 Å². The molecule has 2 aliphatic rings. The van der Waals surface area contributed by atoms with Gasteiger partial charge in [-0.3, -0.25) is 9.69 Å². The summed E-state index contributed by atoms with van der Waals surface area (Å²) < 4.78 is 11.3. The first-order valence-corrected chi connectivity index (χ1v) is 8.84. The third kappa shape index (κ3) is 3.13. The van der Waals surface area contributed by atoms with Gasteiger partial charge < -0.3 is 14.2 Å². The van der Waals surface area contributed by atoms with Crippen molar-refractivity contribution in [3.63, 3.8) is 0 Å². The van der Waals surface area contributed by atoms with Gasteiger partial charge in [-0.25, -0.2) is 0 Å². The van der Waals surface area contributed by atoms with Crippen LogP contribution in [0.2, 0.25) is 0 Å². The lowest BCUT2D eigenvalue weighted by molar-refractivity contribution is -0.122. The van der Waals surface area contributed by atoms with Crippen molar-refractivity contribution in [2.45, 2.75) is 38.1 Å². The summed E-state index contributed by atoms with van der Waals surface area (Å²) >= 11 is 0. The van der Waals surface area contributed by atoms with E-state index in [2.05, 4.69) is 10.2 Å². The molecule has 24 heavy (non-hydrogen) atoms.